The second kappa shape index (κ2) is 4.44. The molecule has 8 heteroatoms. The molecule has 0 unspecified atom stereocenters. The zero-order chi connectivity index (χ0) is 11.6. The Bertz CT molecular complexity index is 460. The third-order valence-electron chi connectivity index (χ3n) is 1.77. The van der Waals surface area contributed by atoms with Crippen molar-refractivity contribution in [2.45, 2.75) is 4.90 Å². The van der Waals surface area contributed by atoms with E-state index in [1.54, 1.807) is 0 Å². The van der Waals surface area contributed by atoms with Gasteiger partial charge in [-0.3, -0.25) is 10.8 Å². The van der Waals surface area contributed by atoms with Crippen molar-refractivity contribution in [1.82, 2.24) is 9.29 Å². The van der Waals surface area contributed by atoms with Gasteiger partial charge in [-0.05, 0) is 15.9 Å². The van der Waals surface area contributed by atoms with Gasteiger partial charge in [0.2, 0.25) is 10.0 Å². The predicted molar refractivity (Wildman–Crippen MR) is 60.6 cm³/mol. The number of anilines is 1. The second-order valence-corrected chi connectivity index (χ2v) is 5.90. The highest BCUT2D eigenvalue weighted by atomic mass is 79.9. The Labute approximate surface area is 96.6 Å². The first-order valence-corrected chi connectivity index (χ1v) is 6.17. The summed E-state index contributed by atoms with van der Waals surface area (Å²) in [5, 5.41) is 0. The summed E-state index contributed by atoms with van der Waals surface area (Å²) >= 11 is 3.16. The van der Waals surface area contributed by atoms with E-state index in [4.69, 9.17) is 5.84 Å². The summed E-state index contributed by atoms with van der Waals surface area (Å²) in [4.78, 5) is 3.83. The van der Waals surface area contributed by atoms with Crippen molar-refractivity contribution >= 4 is 31.6 Å². The highest BCUT2D eigenvalue weighted by Gasteiger charge is 2.22. The van der Waals surface area contributed by atoms with Crippen LogP contribution in [0, 0.1) is 0 Å². The number of hydrogen-bond acceptors (Lipinski definition) is 5. The van der Waals surface area contributed by atoms with E-state index in [9.17, 15) is 8.42 Å². The molecule has 1 aromatic heterocycles. The number of sulfonamides is 1. The Hall–Kier alpha value is -0.700. The SMILES string of the molecule is CN(C)S(=O)(=O)c1cncc(Br)c1NN. The van der Waals surface area contributed by atoms with Crippen LogP contribution in [0.25, 0.3) is 0 Å². The molecule has 0 radical (unpaired) electrons. The van der Waals surface area contributed by atoms with Crippen LogP contribution >= 0.6 is 15.9 Å². The lowest BCUT2D eigenvalue weighted by molar-refractivity contribution is 0.520. The lowest BCUT2D eigenvalue weighted by atomic mass is 10.4. The minimum Gasteiger partial charge on any atom is -0.322 e. The largest absolute Gasteiger partial charge is 0.322 e. The normalized spacial score (nSPS) is 11.8. The van der Waals surface area contributed by atoms with Crippen molar-refractivity contribution in [1.29, 1.82) is 0 Å². The molecular weight excluding hydrogens is 284 g/mol. The second-order valence-electron chi connectivity index (χ2n) is 2.93. The van der Waals surface area contributed by atoms with Gasteiger partial charge >= 0.3 is 0 Å². The van der Waals surface area contributed by atoms with E-state index in [0.717, 1.165) is 4.31 Å². The molecule has 0 bridgehead atoms. The molecule has 0 aliphatic heterocycles. The maximum Gasteiger partial charge on any atom is 0.246 e. The van der Waals surface area contributed by atoms with Crippen molar-refractivity contribution in [3.63, 3.8) is 0 Å². The third-order valence-corrected chi connectivity index (χ3v) is 4.20. The molecule has 0 aromatic carbocycles. The van der Waals surface area contributed by atoms with Crippen LogP contribution in [0.1, 0.15) is 0 Å². The Balaban J connectivity index is 3.45. The molecule has 0 aliphatic carbocycles. The van der Waals surface area contributed by atoms with Gasteiger partial charge in [-0.1, -0.05) is 0 Å². The van der Waals surface area contributed by atoms with Gasteiger partial charge in [0.25, 0.3) is 0 Å². The Morgan fingerprint density at radius 1 is 1.47 bits per heavy atom. The average Bonchev–Trinajstić information content (AvgIpc) is 2.17. The molecule has 84 valence electrons. The molecule has 0 spiro atoms. The molecule has 0 saturated heterocycles. The van der Waals surface area contributed by atoms with Crippen LogP contribution in [0.15, 0.2) is 21.8 Å². The van der Waals surface area contributed by atoms with Gasteiger partial charge in [0.1, 0.15) is 4.90 Å². The van der Waals surface area contributed by atoms with E-state index in [2.05, 4.69) is 26.3 Å². The summed E-state index contributed by atoms with van der Waals surface area (Å²) < 4.78 is 25.3. The quantitative estimate of drug-likeness (QED) is 0.621. The van der Waals surface area contributed by atoms with Gasteiger partial charge in [-0.2, -0.15) is 0 Å². The van der Waals surface area contributed by atoms with Crippen molar-refractivity contribution in [3.8, 4) is 0 Å². The first-order valence-electron chi connectivity index (χ1n) is 3.94. The maximum atomic E-state index is 11.8. The van der Waals surface area contributed by atoms with Crippen molar-refractivity contribution < 1.29 is 8.42 Å². The zero-order valence-corrected chi connectivity index (χ0v) is 10.6. The molecule has 0 amide bonds. The van der Waals surface area contributed by atoms with Crippen molar-refractivity contribution in [3.05, 3.63) is 16.9 Å². The summed E-state index contributed by atoms with van der Waals surface area (Å²) in [6, 6.07) is 0. The van der Waals surface area contributed by atoms with Gasteiger partial charge in [-0.25, -0.2) is 12.7 Å². The van der Waals surface area contributed by atoms with E-state index in [0.29, 0.717) is 10.2 Å². The van der Waals surface area contributed by atoms with E-state index < -0.39 is 10.0 Å². The zero-order valence-electron chi connectivity index (χ0n) is 8.23. The maximum absolute atomic E-state index is 11.8. The first-order chi connectivity index (χ1) is 6.91. The van der Waals surface area contributed by atoms with Gasteiger partial charge < -0.3 is 5.43 Å². The lowest BCUT2D eigenvalue weighted by Gasteiger charge is -2.14. The van der Waals surface area contributed by atoms with E-state index in [1.165, 1.54) is 26.5 Å². The van der Waals surface area contributed by atoms with Crippen molar-refractivity contribution in [2.75, 3.05) is 19.5 Å². The van der Waals surface area contributed by atoms with Gasteiger partial charge in [-0.15, -0.1) is 0 Å². The molecule has 6 nitrogen and oxygen atoms in total. The van der Waals surface area contributed by atoms with Crippen LogP contribution in [0.3, 0.4) is 0 Å². The van der Waals surface area contributed by atoms with Crippen LogP contribution in [-0.4, -0.2) is 31.8 Å². The Kier molecular flexibility index (Phi) is 3.66. The fraction of sp³-hybridized carbons (Fsp3) is 0.286. The number of nitrogens with zero attached hydrogens (tertiary/aromatic N) is 2. The highest BCUT2D eigenvalue weighted by Crippen LogP contribution is 2.28. The van der Waals surface area contributed by atoms with E-state index in [-0.39, 0.29) is 4.90 Å². The Morgan fingerprint density at radius 2 is 2.07 bits per heavy atom. The number of nitrogens with one attached hydrogen (secondary N) is 1. The molecule has 0 fully saturated rings. The topological polar surface area (TPSA) is 88.3 Å². The number of hydrazine groups is 1. The number of nitrogens with two attached hydrogens (primary N) is 1. The Morgan fingerprint density at radius 3 is 2.53 bits per heavy atom. The number of hydrogen-bond donors (Lipinski definition) is 2. The number of pyridine rings is 1. The molecule has 0 aliphatic rings. The summed E-state index contributed by atoms with van der Waals surface area (Å²) in [5.41, 5.74) is 2.62. The van der Waals surface area contributed by atoms with Gasteiger partial charge in [0.15, 0.2) is 0 Å². The van der Waals surface area contributed by atoms with E-state index in [1.807, 2.05) is 0 Å². The number of nitrogen functional groups attached to an aromatic ring is 1. The van der Waals surface area contributed by atoms with Crippen LogP contribution in [0.2, 0.25) is 0 Å². The number of aromatic nitrogens is 1. The summed E-state index contributed by atoms with van der Waals surface area (Å²) in [5.74, 6) is 5.26. The molecule has 1 aromatic rings. The van der Waals surface area contributed by atoms with E-state index >= 15 is 0 Å². The molecular formula is C7H11BrN4O2S. The standard InChI is InChI=1S/C7H11BrN4O2S/c1-12(2)15(13,14)6-4-10-3-5(8)7(6)11-9/h3-4H,9H2,1-2H3,(H,10,11). The van der Waals surface area contributed by atoms with Crippen LogP contribution in [0.4, 0.5) is 5.69 Å². The minimum atomic E-state index is -3.54. The third kappa shape index (κ3) is 2.28. The minimum absolute atomic E-state index is 0.0318. The summed E-state index contributed by atoms with van der Waals surface area (Å²) in [6.45, 7) is 0. The lowest BCUT2D eigenvalue weighted by Crippen LogP contribution is -2.24. The molecule has 0 saturated carbocycles. The average molecular weight is 295 g/mol. The molecule has 1 heterocycles. The molecule has 15 heavy (non-hydrogen) atoms. The monoisotopic (exact) mass is 294 g/mol. The van der Waals surface area contributed by atoms with Crippen LogP contribution in [0.5, 0.6) is 0 Å². The number of rotatable bonds is 3. The fourth-order valence-electron chi connectivity index (χ4n) is 0.950. The fourth-order valence-corrected chi connectivity index (χ4v) is 2.54. The van der Waals surface area contributed by atoms with Crippen LogP contribution < -0.4 is 11.3 Å². The smallest absolute Gasteiger partial charge is 0.246 e. The molecule has 0 atom stereocenters. The summed E-state index contributed by atoms with van der Waals surface area (Å²) in [6.07, 6.45) is 2.71. The number of halogens is 1. The predicted octanol–water partition coefficient (Wildman–Crippen LogP) is 0.380. The first kappa shape index (κ1) is 12.4. The molecule has 3 N–H and O–H groups in total. The van der Waals surface area contributed by atoms with Gasteiger partial charge in [0.05, 0.1) is 10.2 Å². The summed E-state index contributed by atoms with van der Waals surface area (Å²) in [7, 11) is -0.662. The van der Waals surface area contributed by atoms with Gasteiger partial charge in [0, 0.05) is 26.5 Å². The molecule has 1 rings (SSSR count). The highest BCUT2D eigenvalue weighted by molar-refractivity contribution is 9.10. The van der Waals surface area contributed by atoms with Crippen molar-refractivity contribution in [2.24, 2.45) is 5.84 Å². The van der Waals surface area contributed by atoms with Crippen LogP contribution in [-0.2, 0) is 10.0 Å².